The molecule has 0 spiro atoms. The highest BCUT2D eigenvalue weighted by Crippen LogP contribution is 2.13. The zero-order valence-electron chi connectivity index (χ0n) is 14.0. The van der Waals surface area contributed by atoms with Gasteiger partial charge in [0.1, 0.15) is 0 Å². The van der Waals surface area contributed by atoms with Crippen molar-refractivity contribution >= 4 is 11.8 Å². The molecule has 128 valence electrons. The minimum absolute atomic E-state index is 0.0884. The molecule has 0 aliphatic heterocycles. The predicted octanol–water partition coefficient (Wildman–Crippen LogP) is 1.82. The Morgan fingerprint density at radius 3 is 2.50 bits per heavy atom. The largest absolute Gasteiger partial charge is 0.459 e. The molecule has 0 aliphatic carbocycles. The summed E-state index contributed by atoms with van der Waals surface area (Å²) in [6.45, 7) is 0.962. The van der Waals surface area contributed by atoms with Gasteiger partial charge in [0, 0.05) is 19.5 Å². The van der Waals surface area contributed by atoms with E-state index in [1.54, 1.807) is 12.1 Å². The third-order valence-corrected chi connectivity index (χ3v) is 3.47. The lowest BCUT2D eigenvalue weighted by atomic mass is 10.1. The van der Waals surface area contributed by atoms with Crippen LogP contribution in [-0.2, 0) is 4.79 Å². The molecule has 0 saturated carbocycles. The third-order valence-electron chi connectivity index (χ3n) is 3.47. The van der Waals surface area contributed by atoms with Crippen LogP contribution in [-0.4, -0.2) is 43.9 Å². The lowest BCUT2D eigenvalue weighted by Crippen LogP contribution is -2.37. The molecule has 0 bridgehead atoms. The minimum atomic E-state index is -0.319. The maximum atomic E-state index is 12.2. The molecule has 6 nitrogen and oxygen atoms in total. The second-order valence-corrected chi connectivity index (χ2v) is 5.78. The van der Waals surface area contributed by atoms with Gasteiger partial charge < -0.3 is 20.0 Å². The normalized spacial score (nSPS) is 12.0. The Kier molecular flexibility index (Phi) is 6.57. The number of rotatable bonds is 8. The van der Waals surface area contributed by atoms with E-state index < -0.39 is 0 Å². The lowest BCUT2D eigenvalue weighted by molar-refractivity contribution is -0.121. The van der Waals surface area contributed by atoms with E-state index in [0.29, 0.717) is 6.54 Å². The first-order valence-corrected chi connectivity index (χ1v) is 7.87. The molecule has 0 saturated heterocycles. The van der Waals surface area contributed by atoms with Crippen LogP contribution in [0.2, 0.25) is 0 Å². The van der Waals surface area contributed by atoms with E-state index in [-0.39, 0.29) is 36.6 Å². The number of carbonyl (C=O) groups excluding carboxylic acids is 2. The summed E-state index contributed by atoms with van der Waals surface area (Å²) >= 11 is 0. The Hall–Kier alpha value is -2.60. The Morgan fingerprint density at radius 1 is 1.12 bits per heavy atom. The van der Waals surface area contributed by atoms with Crippen molar-refractivity contribution in [2.75, 3.05) is 27.2 Å². The summed E-state index contributed by atoms with van der Waals surface area (Å²) < 4.78 is 5.00. The summed E-state index contributed by atoms with van der Waals surface area (Å²) in [6.07, 6.45) is 1.65. The summed E-state index contributed by atoms with van der Waals surface area (Å²) in [5, 5.41) is 5.68. The van der Waals surface area contributed by atoms with Crippen LogP contribution < -0.4 is 10.6 Å². The molecule has 2 N–H and O–H groups in total. The molecular formula is C18H23N3O3. The van der Waals surface area contributed by atoms with Gasteiger partial charge in [0.15, 0.2) is 5.76 Å². The second-order valence-electron chi connectivity index (χ2n) is 5.78. The van der Waals surface area contributed by atoms with Crippen LogP contribution in [0.25, 0.3) is 0 Å². The standard InChI is InChI=1S/C18H23N3O3/c1-21(2)13-15(14-7-4-3-5-8-14)20-17(22)10-11-19-18(23)16-9-6-12-24-16/h3-9,12,15H,10-11,13H2,1-2H3,(H,19,23)(H,20,22). The van der Waals surface area contributed by atoms with Gasteiger partial charge in [-0.15, -0.1) is 0 Å². The number of furan rings is 1. The number of nitrogens with zero attached hydrogens (tertiary/aromatic N) is 1. The van der Waals surface area contributed by atoms with Crippen LogP contribution in [0, 0.1) is 0 Å². The fraction of sp³-hybridized carbons (Fsp3) is 0.333. The molecule has 2 amide bonds. The van der Waals surface area contributed by atoms with Gasteiger partial charge in [-0.2, -0.15) is 0 Å². The minimum Gasteiger partial charge on any atom is -0.459 e. The van der Waals surface area contributed by atoms with Gasteiger partial charge in [0.2, 0.25) is 5.91 Å². The maximum Gasteiger partial charge on any atom is 0.286 e. The van der Waals surface area contributed by atoms with Crippen LogP contribution in [0.15, 0.2) is 53.1 Å². The summed E-state index contributed by atoms with van der Waals surface area (Å²) in [7, 11) is 3.93. The molecule has 1 heterocycles. The number of amides is 2. The van der Waals surface area contributed by atoms with E-state index in [2.05, 4.69) is 10.6 Å². The zero-order valence-corrected chi connectivity index (χ0v) is 14.0. The van der Waals surface area contributed by atoms with E-state index in [1.165, 1.54) is 6.26 Å². The second kappa shape index (κ2) is 8.88. The Balaban J connectivity index is 1.83. The highest BCUT2D eigenvalue weighted by Gasteiger charge is 2.15. The first kappa shape index (κ1) is 17.7. The number of carbonyl (C=O) groups is 2. The Bertz CT molecular complexity index is 639. The van der Waals surface area contributed by atoms with E-state index in [1.807, 2.05) is 49.3 Å². The zero-order chi connectivity index (χ0) is 17.4. The number of nitrogens with one attached hydrogen (secondary N) is 2. The van der Waals surface area contributed by atoms with Gasteiger partial charge >= 0.3 is 0 Å². The number of hydrogen-bond acceptors (Lipinski definition) is 4. The molecule has 1 unspecified atom stereocenters. The van der Waals surface area contributed by atoms with Crippen molar-refractivity contribution in [2.24, 2.45) is 0 Å². The number of likely N-dealkylation sites (N-methyl/N-ethyl adjacent to an activating group) is 1. The fourth-order valence-electron chi connectivity index (χ4n) is 2.34. The van der Waals surface area contributed by atoms with Crippen molar-refractivity contribution < 1.29 is 14.0 Å². The molecule has 1 aromatic heterocycles. The number of benzene rings is 1. The van der Waals surface area contributed by atoms with Crippen molar-refractivity contribution in [3.8, 4) is 0 Å². The average Bonchev–Trinajstić information content (AvgIpc) is 3.09. The van der Waals surface area contributed by atoms with Crippen molar-refractivity contribution in [1.82, 2.24) is 15.5 Å². The van der Waals surface area contributed by atoms with E-state index >= 15 is 0 Å². The third kappa shape index (κ3) is 5.55. The molecule has 1 atom stereocenters. The van der Waals surface area contributed by atoms with Crippen molar-refractivity contribution in [3.05, 3.63) is 60.1 Å². The van der Waals surface area contributed by atoms with Gasteiger partial charge in [-0.25, -0.2) is 0 Å². The van der Waals surface area contributed by atoms with Crippen LogP contribution in [0.4, 0.5) is 0 Å². The summed E-state index contributed by atoms with van der Waals surface area (Å²) in [6, 6.07) is 13.0. The molecule has 0 radical (unpaired) electrons. The van der Waals surface area contributed by atoms with Crippen molar-refractivity contribution in [1.29, 1.82) is 0 Å². The molecule has 24 heavy (non-hydrogen) atoms. The predicted molar refractivity (Wildman–Crippen MR) is 91.5 cm³/mol. The Morgan fingerprint density at radius 2 is 1.88 bits per heavy atom. The SMILES string of the molecule is CN(C)CC(NC(=O)CCNC(=O)c1ccco1)c1ccccc1. The first-order valence-electron chi connectivity index (χ1n) is 7.87. The highest BCUT2D eigenvalue weighted by molar-refractivity contribution is 5.91. The number of hydrogen-bond donors (Lipinski definition) is 2. The van der Waals surface area contributed by atoms with Crippen LogP contribution in [0.1, 0.15) is 28.6 Å². The molecule has 2 rings (SSSR count). The molecule has 2 aromatic rings. The highest BCUT2D eigenvalue weighted by atomic mass is 16.3. The average molecular weight is 329 g/mol. The van der Waals surface area contributed by atoms with Crippen LogP contribution in [0.3, 0.4) is 0 Å². The van der Waals surface area contributed by atoms with Crippen LogP contribution >= 0.6 is 0 Å². The van der Waals surface area contributed by atoms with E-state index in [4.69, 9.17) is 4.42 Å². The van der Waals surface area contributed by atoms with Crippen molar-refractivity contribution in [3.63, 3.8) is 0 Å². The van der Waals surface area contributed by atoms with Gasteiger partial charge in [-0.05, 0) is 31.8 Å². The maximum absolute atomic E-state index is 12.2. The van der Waals surface area contributed by atoms with Crippen LogP contribution in [0.5, 0.6) is 0 Å². The van der Waals surface area contributed by atoms with Gasteiger partial charge in [0.05, 0.1) is 12.3 Å². The smallest absolute Gasteiger partial charge is 0.286 e. The quantitative estimate of drug-likeness (QED) is 0.775. The molecule has 0 fully saturated rings. The fourth-order valence-corrected chi connectivity index (χ4v) is 2.34. The van der Waals surface area contributed by atoms with E-state index in [0.717, 1.165) is 5.56 Å². The summed E-state index contributed by atoms with van der Waals surface area (Å²) in [5.74, 6) is -0.184. The van der Waals surface area contributed by atoms with Gasteiger partial charge in [0.25, 0.3) is 5.91 Å². The van der Waals surface area contributed by atoms with Gasteiger partial charge in [-0.3, -0.25) is 9.59 Å². The monoisotopic (exact) mass is 329 g/mol. The summed E-state index contributed by atoms with van der Waals surface area (Å²) in [5.41, 5.74) is 1.05. The first-order chi connectivity index (χ1) is 11.6. The topological polar surface area (TPSA) is 74.6 Å². The molecular weight excluding hydrogens is 306 g/mol. The molecule has 6 heteroatoms. The van der Waals surface area contributed by atoms with E-state index in [9.17, 15) is 9.59 Å². The van der Waals surface area contributed by atoms with Crippen molar-refractivity contribution in [2.45, 2.75) is 12.5 Å². The lowest BCUT2D eigenvalue weighted by Gasteiger charge is -2.23. The molecule has 0 aliphatic rings. The molecule has 1 aromatic carbocycles. The Labute approximate surface area is 141 Å². The summed E-state index contributed by atoms with van der Waals surface area (Å²) in [4.78, 5) is 25.9. The van der Waals surface area contributed by atoms with Gasteiger partial charge in [-0.1, -0.05) is 30.3 Å².